The number of hydrogen-bond donors (Lipinski definition) is 1. The van der Waals surface area contributed by atoms with Gasteiger partial charge in [0.1, 0.15) is 14.9 Å². The fourth-order valence-corrected chi connectivity index (χ4v) is 3.74. The molecule has 0 aliphatic rings. The Bertz CT molecular complexity index is 872. The van der Waals surface area contributed by atoms with Gasteiger partial charge in [-0.1, -0.05) is 23.2 Å². The maximum absolute atomic E-state index is 14.0. The molecule has 0 bridgehead atoms. The van der Waals surface area contributed by atoms with Crippen LogP contribution in [0.5, 0.6) is 11.5 Å². The van der Waals surface area contributed by atoms with Crippen LogP contribution in [0, 0.1) is 17.5 Å². The average Bonchev–Trinajstić information content (AvgIpc) is 2.50. The van der Waals surface area contributed by atoms with Crippen LogP contribution in [0.1, 0.15) is 0 Å². The van der Waals surface area contributed by atoms with Gasteiger partial charge in [0.05, 0.1) is 12.0 Å². The van der Waals surface area contributed by atoms with E-state index in [2.05, 4.69) is 0 Å². The average molecular weight is 387 g/mol. The van der Waals surface area contributed by atoms with Gasteiger partial charge in [0.2, 0.25) is 9.84 Å². The molecule has 0 atom stereocenters. The molecule has 0 saturated heterocycles. The largest absolute Gasteiger partial charge is 0.504 e. The molecule has 0 radical (unpaired) electrons. The van der Waals surface area contributed by atoms with Gasteiger partial charge in [0.25, 0.3) is 0 Å². The fourth-order valence-electron chi connectivity index (χ4n) is 1.78. The van der Waals surface area contributed by atoms with E-state index < -0.39 is 52.9 Å². The van der Waals surface area contributed by atoms with Crippen molar-refractivity contribution in [1.82, 2.24) is 0 Å². The predicted octanol–water partition coefficient (Wildman–Crippen LogP) is 3.96. The number of phenolic OH excluding ortho intramolecular Hbond substituents is 1. The zero-order chi connectivity index (χ0) is 17.5. The summed E-state index contributed by atoms with van der Waals surface area (Å²) in [5, 5.41) is 7.09. The summed E-state index contributed by atoms with van der Waals surface area (Å²) in [7, 11) is -3.59. The van der Waals surface area contributed by atoms with Crippen LogP contribution in [-0.2, 0) is 9.84 Å². The lowest BCUT2D eigenvalue weighted by Gasteiger charge is -2.11. The normalized spacial score (nSPS) is 11.6. The van der Waals surface area contributed by atoms with Crippen LogP contribution in [-0.4, -0.2) is 20.6 Å². The van der Waals surface area contributed by atoms with Crippen LogP contribution in [0.4, 0.5) is 13.2 Å². The second-order valence-corrected chi connectivity index (χ2v) is 6.88. The van der Waals surface area contributed by atoms with Crippen LogP contribution in [0.3, 0.4) is 0 Å². The minimum atomic E-state index is -4.81. The van der Waals surface area contributed by atoms with Crippen molar-refractivity contribution in [3.63, 3.8) is 0 Å². The van der Waals surface area contributed by atoms with Crippen LogP contribution in [0.25, 0.3) is 0 Å². The summed E-state index contributed by atoms with van der Waals surface area (Å²) in [6.07, 6.45) is 0. The van der Waals surface area contributed by atoms with Gasteiger partial charge in [-0.15, -0.1) is 0 Å². The van der Waals surface area contributed by atoms with E-state index >= 15 is 0 Å². The Morgan fingerprint density at radius 2 is 1.57 bits per heavy atom. The Hall–Kier alpha value is -1.64. The number of hydrogen-bond acceptors (Lipinski definition) is 4. The summed E-state index contributed by atoms with van der Waals surface area (Å²) in [4.78, 5) is -2.18. The van der Waals surface area contributed by atoms with Gasteiger partial charge in [-0.3, -0.25) is 0 Å². The summed E-state index contributed by atoms with van der Waals surface area (Å²) in [5.74, 6) is -5.88. The molecule has 0 saturated carbocycles. The van der Waals surface area contributed by atoms with Crippen molar-refractivity contribution in [1.29, 1.82) is 0 Å². The third kappa shape index (κ3) is 2.82. The number of benzene rings is 2. The number of rotatable bonds is 3. The van der Waals surface area contributed by atoms with Gasteiger partial charge in [-0.2, -0.15) is 0 Å². The Morgan fingerprint density at radius 1 is 1.04 bits per heavy atom. The topological polar surface area (TPSA) is 63.6 Å². The van der Waals surface area contributed by atoms with Crippen molar-refractivity contribution >= 4 is 33.0 Å². The van der Waals surface area contributed by atoms with Crippen molar-refractivity contribution in [2.75, 3.05) is 7.11 Å². The molecule has 4 nitrogen and oxygen atoms in total. The van der Waals surface area contributed by atoms with Gasteiger partial charge >= 0.3 is 0 Å². The first-order valence-corrected chi connectivity index (χ1v) is 8.00. The molecular formula is C13H7Cl2F3O4S. The molecule has 2 rings (SSSR count). The Morgan fingerprint density at radius 3 is 2.00 bits per heavy atom. The van der Waals surface area contributed by atoms with E-state index in [1.54, 1.807) is 0 Å². The SMILES string of the molecule is COc1ccc(S(=O)(=O)c2c(F)c(Cl)c(F)c(Cl)c2F)cc1O. The summed E-state index contributed by atoms with van der Waals surface area (Å²) < 4.78 is 70.9. The minimum Gasteiger partial charge on any atom is -0.504 e. The number of sulfone groups is 1. The number of ether oxygens (including phenoxy) is 1. The highest BCUT2D eigenvalue weighted by atomic mass is 35.5. The summed E-state index contributed by atoms with van der Waals surface area (Å²) in [6, 6.07) is 2.74. The fraction of sp³-hybridized carbons (Fsp3) is 0.0769. The van der Waals surface area contributed by atoms with E-state index in [0.29, 0.717) is 0 Å². The number of halogens is 5. The van der Waals surface area contributed by atoms with Gasteiger partial charge in [0.15, 0.2) is 29.0 Å². The molecule has 2 aromatic carbocycles. The molecule has 0 heterocycles. The number of phenols is 1. The second-order valence-electron chi connectivity index (χ2n) is 4.24. The minimum absolute atomic E-state index is 0.0555. The quantitative estimate of drug-likeness (QED) is 0.492. The summed E-state index contributed by atoms with van der Waals surface area (Å²) >= 11 is 10.6. The molecular weight excluding hydrogens is 380 g/mol. The van der Waals surface area contributed by atoms with Gasteiger partial charge in [-0.25, -0.2) is 21.6 Å². The molecule has 23 heavy (non-hydrogen) atoms. The number of methoxy groups -OCH3 is 1. The monoisotopic (exact) mass is 386 g/mol. The zero-order valence-corrected chi connectivity index (χ0v) is 13.5. The second kappa shape index (κ2) is 6.10. The zero-order valence-electron chi connectivity index (χ0n) is 11.2. The van der Waals surface area contributed by atoms with E-state index in [0.717, 1.165) is 18.2 Å². The molecule has 0 aliphatic carbocycles. The molecule has 10 heteroatoms. The Balaban J connectivity index is 2.78. The maximum atomic E-state index is 14.0. The third-order valence-corrected chi connectivity index (χ3v) is 5.33. The first-order chi connectivity index (χ1) is 10.6. The van der Waals surface area contributed by atoms with E-state index in [1.165, 1.54) is 7.11 Å². The summed E-state index contributed by atoms with van der Waals surface area (Å²) in [6.45, 7) is 0. The first kappa shape index (κ1) is 17.7. The molecule has 0 amide bonds. The lowest BCUT2D eigenvalue weighted by atomic mass is 10.3. The van der Waals surface area contributed by atoms with E-state index in [1.807, 2.05) is 0 Å². The van der Waals surface area contributed by atoms with E-state index in [-0.39, 0.29) is 5.75 Å². The Labute approximate surface area is 138 Å². The first-order valence-electron chi connectivity index (χ1n) is 5.76. The van der Waals surface area contributed by atoms with Crippen LogP contribution in [0.2, 0.25) is 10.0 Å². The van der Waals surface area contributed by atoms with Crippen molar-refractivity contribution < 1.29 is 31.4 Å². The highest BCUT2D eigenvalue weighted by Gasteiger charge is 2.33. The maximum Gasteiger partial charge on any atom is 0.212 e. The number of aromatic hydroxyl groups is 1. The van der Waals surface area contributed by atoms with Crippen molar-refractivity contribution in [2.45, 2.75) is 9.79 Å². The van der Waals surface area contributed by atoms with Gasteiger partial charge < -0.3 is 9.84 Å². The van der Waals surface area contributed by atoms with Crippen molar-refractivity contribution in [3.05, 3.63) is 45.7 Å². The lowest BCUT2D eigenvalue weighted by molar-refractivity contribution is 0.372. The van der Waals surface area contributed by atoms with Crippen molar-refractivity contribution in [3.8, 4) is 11.5 Å². The Kier molecular flexibility index (Phi) is 4.70. The predicted molar refractivity (Wildman–Crippen MR) is 76.4 cm³/mol. The molecule has 124 valence electrons. The smallest absolute Gasteiger partial charge is 0.212 e. The van der Waals surface area contributed by atoms with E-state index in [9.17, 15) is 26.7 Å². The highest BCUT2D eigenvalue weighted by molar-refractivity contribution is 7.91. The van der Waals surface area contributed by atoms with Crippen molar-refractivity contribution in [2.24, 2.45) is 0 Å². The van der Waals surface area contributed by atoms with Crippen LogP contribution < -0.4 is 4.74 Å². The third-order valence-electron chi connectivity index (χ3n) is 2.90. The lowest BCUT2D eigenvalue weighted by Crippen LogP contribution is -2.10. The molecule has 2 aromatic rings. The van der Waals surface area contributed by atoms with Crippen LogP contribution >= 0.6 is 23.2 Å². The molecule has 1 N–H and O–H groups in total. The molecule has 0 aliphatic heterocycles. The van der Waals surface area contributed by atoms with E-state index in [4.69, 9.17) is 27.9 Å². The van der Waals surface area contributed by atoms with Gasteiger partial charge in [0, 0.05) is 6.07 Å². The highest BCUT2D eigenvalue weighted by Crippen LogP contribution is 2.38. The molecule has 0 unspecified atom stereocenters. The van der Waals surface area contributed by atoms with Crippen LogP contribution in [0.15, 0.2) is 28.0 Å². The standard InChI is InChI=1S/C13H7Cl2F3O4S/c1-22-7-3-2-5(4-6(7)19)23(20,21)13-11(17)8(14)10(16)9(15)12(13)18/h2-4,19H,1H3. The molecule has 0 fully saturated rings. The summed E-state index contributed by atoms with van der Waals surface area (Å²) in [5.41, 5.74) is 0. The molecule has 0 spiro atoms. The molecule has 0 aromatic heterocycles. The van der Waals surface area contributed by atoms with Gasteiger partial charge in [-0.05, 0) is 12.1 Å².